The molecule has 2 aromatic carbocycles. The minimum atomic E-state index is -4.99. The predicted molar refractivity (Wildman–Crippen MR) is 145 cm³/mol. The van der Waals surface area contributed by atoms with Gasteiger partial charge in [-0.2, -0.15) is 13.2 Å². The molecule has 11 heteroatoms. The number of alkyl halides is 3. The highest BCUT2D eigenvalue weighted by atomic mass is 19.4. The van der Waals surface area contributed by atoms with Crippen LogP contribution in [0.2, 0.25) is 0 Å². The second-order valence-corrected chi connectivity index (χ2v) is 10.7. The van der Waals surface area contributed by atoms with Crippen molar-refractivity contribution in [2.24, 2.45) is 0 Å². The number of fused-ring (bicyclic) bond motifs is 1. The van der Waals surface area contributed by atoms with Gasteiger partial charge < -0.3 is 15.0 Å². The van der Waals surface area contributed by atoms with Gasteiger partial charge in [0.25, 0.3) is 11.5 Å². The van der Waals surface area contributed by atoms with Crippen LogP contribution in [0, 0.1) is 5.82 Å². The quantitative estimate of drug-likeness (QED) is 0.322. The van der Waals surface area contributed by atoms with Crippen molar-refractivity contribution in [3.05, 3.63) is 117 Å². The fourth-order valence-electron chi connectivity index (χ4n) is 5.60. The molecule has 0 saturated heterocycles. The van der Waals surface area contributed by atoms with Gasteiger partial charge in [0.15, 0.2) is 6.10 Å². The molecule has 0 bridgehead atoms. The maximum absolute atomic E-state index is 14.6. The number of hydrogen-bond acceptors (Lipinski definition) is 5. The Balaban J connectivity index is 1.28. The molecule has 0 spiro atoms. The van der Waals surface area contributed by atoms with E-state index in [1.165, 1.54) is 0 Å². The maximum atomic E-state index is 14.6. The Hall–Kier alpha value is -4.38. The number of carbonyl (C=O) groups is 1. The van der Waals surface area contributed by atoms with Gasteiger partial charge in [-0.25, -0.2) is 9.37 Å². The number of carbonyl (C=O) groups excluding carboxylic acids is 1. The number of aliphatic hydroxyl groups is 1. The van der Waals surface area contributed by atoms with Gasteiger partial charge in [0.1, 0.15) is 11.6 Å². The molecule has 1 unspecified atom stereocenters. The van der Waals surface area contributed by atoms with Crippen LogP contribution in [0.15, 0.2) is 71.8 Å². The summed E-state index contributed by atoms with van der Waals surface area (Å²) in [6.45, 7) is -0.109. The maximum Gasteiger partial charge on any atom is 0.419 e. The summed E-state index contributed by atoms with van der Waals surface area (Å²) in [5.41, 5.74) is 0.366. The highest BCUT2D eigenvalue weighted by Crippen LogP contribution is 2.52. The van der Waals surface area contributed by atoms with Crippen LogP contribution in [-0.2, 0) is 29.4 Å². The molecule has 2 N–H and O–H groups in total. The Morgan fingerprint density at radius 1 is 1.05 bits per heavy atom. The van der Waals surface area contributed by atoms with Gasteiger partial charge in [0.2, 0.25) is 0 Å². The molecule has 216 valence electrons. The first-order chi connectivity index (χ1) is 20.1. The lowest BCUT2D eigenvalue weighted by Crippen LogP contribution is -2.37. The third-order valence-electron chi connectivity index (χ3n) is 8.07. The van der Waals surface area contributed by atoms with E-state index < -0.39 is 46.1 Å². The molecule has 1 saturated carbocycles. The van der Waals surface area contributed by atoms with Crippen molar-refractivity contribution < 1.29 is 27.5 Å². The van der Waals surface area contributed by atoms with E-state index in [1.807, 2.05) is 30.3 Å². The Morgan fingerprint density at radius 2 is 1.81 bits per heavy atom. The number of rotatable bonds is 5. The molecule has 42 heavy (non-hydrogen) atoms. The number of aryl methyl sites for hydroxylation is 1. The summed E-state index contributed by atoms with van der Waals surface area (Å²) in [5, 5.41) is 10.6. The van der Waals surface area contributed by atoms with E-state index in [1.54, 1.807) is 12.4 Å². The molecule has 3 heterocycles. The number of pyridine rings is 1. The summed E-state index contributed by atoms with van der Waals surface area (Å²) in [6, 6.07) is 14.3. The van der Waals surface area contributed by atoms with E-state index in [0.29, 0.717) is 30.4 Å². The number of aromatic amines is 1. The third-order valence-corrected chi connectivity index (χ3v) is 8.07. The molecule has 7 nitrogen and oxygen atoms in total. The average Bonchev–Trinajstić information content (AvgIpc) is 3.81. The summed E-state index contributed by atoms with van der Waals surface area (Å²) < 4.78 is 54.2. The van der Waals surface area contributed by atoms with Crippen LogP contribution in [0.5, 0.6) is 0 Å². The van der Waals surface area contributed by atoms with Gasteiger partial charge in [-0.15, -0.1) is 0 Å². The zero-order valence-corrected chi connectivity index (χ0v) is 22.3. The topological polar surface area (TPSA) is 99.2 Å². The van der Waals surface area contributed by atoms with Gasteiger partial charge in [0.05, 0.1) is 28.8 Å². The molecular formula is C31H26F4N4O3. The summed E-state index contributed by atoms with van der Waals surface area (Å²) >= 11 is 0. The van der Waals surface area contributed by atoms with Crippen molar-refractivity contribution in [2.45, 2.75) is 49.9 Å². The predicted octanol–water partition coefficient (Wildman–Crippen LogP) is 5.08. The molecule has 1 aliphatic carbocycles. The zero-order valence-electron chi connectivity index (χ0n) is 22.3. The van der Waals surface area contributed by atoms with Gasteiger partial charge in [-0.3, -0.25) is 14.6 Å². The molecule has 1 fully saturated rings. The number of halogens is 4. The number of nitrogens with zero attached hydrogens (tertiary/aromatic N) is 3. The first-order valence-corrected chi connectivity index (χ1v) is 13.5. The summed E-state index contributed by atoms with van der Waals surface area (Å²) in [5.74, 6) is -2.18. The number of aromatic nitrogens is 3. The van der Waals surface area contributed by atoms with Crippen LogP contribution in [0.3, 0.4) is 0 Å². The third kappa shape index (κ3) is 4.98. The molecule has 1 atom stereocenters. The van der Waals surface area contributed by atoms with E-state index >= 15 is 0 Å². The van der Waals surface area contributed by atoms with E-state index in [-0.39, 0.29) is 18.7 Å². The first-order valence-electron chi connectivity index (χ1n) is 13.5. The highest BCUT2D eigenvalue weighted by Gasteiger charge is 2.49. The van der Waals surface area contributed by atoms with Crippen LogP contribution >= 0.6 is 0 Å². The van der Waals surface area contributed by atoms with E-state index in [9.17, 15) is 32.3 Å². The number of aliphatic hydroxyl groups excluding tert-OH is 1. The first kappa shape index (κ1) is 27.8. The van der Waals surface area contributed by atoms with Gasteiger partial charge in [-0.05, 0) is 48.9 Å². The van der Waals surface area contributed by atoms with E-state index in [4.69, 9.17) is 4.98 Å². The van der Waals surface area contributed by atoms with Crippen molar-refractivity contribution in [2.75, 3.05) is 6.54 Å². The van der Waals surface area contributed by atoms with Gasteiger partial charge in [-0.1, -0.05) is 42.5 Å². The van der Waals surface area contributed by atoms with Gasteiger partial charge in [0, 0.05) is 30.1 Å². The van der Waals surface area contributed by atoms with Crippen LogP contribution < -0.4 is 5.56 Å². The molecule has 6 rings (SSSR count). The number of nitrogens with one attached hydrogen (secondary N) is 1. The molecule has 0 radical (unpaired) electrons. The van der Waals surface area contributed by atoms with Crippen LogP contribution in [0.4, 0.5) is 17.6 Å². The normalized spacial score (nSPS) is 16.8. The SMILES string of the molecule is O=C(C(O)c1cccc(C(F)(F)F)c1F)N1CCCc2nc(C3(c4cncc(-c5ccccc5)c4)CC3)[nH]c(=O)c2C1. The second kappa shape index (κ2) is 10.5. The number of hydrogen-bond donors (Lipinski definition) is 2. The number of amides is 1. The Morgan fingerprint density at radius 3 is 2.52 bits per heavy atom. The molecule has 1 amide bonds. The Labute approximate surface area is 237 Å². The smallest absolute Gasteiger partial charge is 0.378 e. The van der Waals surface area contributed by atoms with Crippen molar-refractivity contribution in [3.8, 4) is 11.1 Å². The van der Waals surface area contributed by atoms with Crippen LogP contribution in [0.25, 0.3) is 11.1 Å². The molecule has 1 aliphatic heterocycles. The largest absolute Gasteiger partial charge is 0.419 e. The molecular weight excluding hydrogens is 552 g/mol. The standard InChI is InChI=1S/C31H26F4N4O3/c32-25-21(8-4-9-23(25)31(33,34)35)26(40)28(42)39-13-5-10-24-22(17-39)27(41)38-29(37-24)30(11-12-30)20-14-19(15-36-16-20)18-6-2-1-3-7-18/h1-4,6-9,14-16,26,40H,5,10-13,17H2,(H,37,38,41). The Kier molecular flexibility index (Phi) is 6.92. The fraction of sp³-hybridized carbons (Fsp3) is 0.290. The minimum absolute atomic E-state index is 0.107. The van der Waals surface area contributed by atoms with Crippen LogP contribution in [0.1, 0.15) is 59.1 Å². The average molecular weight is 579 g/mol. The van der Waals surface area contributed by atoms with Crippen LogP contribution in [-0.4, -0.2) is 37.4 Å². The zero-order chi connectivity index (χ0) is 29.6. The number of benzene rings is 2. The Bertz CT molecular complexity index is 1720. The lowest BCUT2D eigenvalue weighted by molar-refractivity contribution is -0.143. The van der Waals surface area contributed by atoms with Crippen molar-refractivity contribution in [3.63, 3.8) is 0 Å². The second-order valence-electron chi connectivity index (χ2n) is 10.7. The van der Waals surface area contributed by atoms with Crippen molar-refractivity contribution >= 4 is 5.91 Å². The summed E-state index contributed by atoms with van der Waals surface area (Å²) in [4.78, 5) is 39.8. The summed E-state index contributed by atoms with van der Waals surface area (Å²) in [7, 11) is 0. The molecule has 2 aliphatic rings. The fourth-order valence-corrected chi connectivity index (χ4v) is 5.60. The minimum Gasteiger partial charge on any atom is -0.378 e. The molecule has 4 aromatic rings. The van der Waals surface area contributed by atoms with E-state index in [0.717, 1.165) is 46.6 Å². The highest BCUT2D eigenvalue weighted by molar-refractivity contribution is 5.82. The number of H-pyrrole nitrogens is 1. The lowest BCUT2D eigenvalue weighted by atomic mass is 9.93. The lowest BCUT2D eigenvalue weighted by Gasteiger charge is -2.24. The van der Waals surface area contributed by atoms with Crippen molar-refractivity contribution in [1.82, 2.24) is 19.9 Å². The monoisotopic (exact) mass is 578 g/mol. The summed E-state index contributed by atoms with van der Waals surface area (Å²) in [6.07, 6.45) is -1.28. The molecule has 2 aromatic heterocycles. The van der Waals surface area contributed by atoms with Crippen molar-refractivity contribution in [1.29, 1.82) is 0 Å². The van der Waals surface area contributed by atoms with E-state index in [2.05, 4.69) is 16.0 Å². The van der Waals surface area contributed by atoms with Gasteiger partial charge >= 0.3 is 6.18 Å².